The third-order valence-electron chi connectivity index (χ3n) is 3.68. The first-order valence-corrected chi connectivity index (χ1v) is 7.76. The molecule has 0 radical (unpaired) electrons. The third-order valence-corrected chi connectivity index (χ3v) is 4.51. The minimum atomic E-state index is 0.512. The summed E-state index contributed by atoms with van der Waals surface area (Å²) in [6.45, 7) is 0. The van der Waals surface area contributed by atoms with Crippen LogP contribution in [-0.2, 0) is 0 Å². The Kier molecular flexibility index (Phi) is 3.10. The molecule has 106 valence electrons. The first kappa shape index (κ1) is 13.4. The van der Waals surface area contributed by atoms with Crippen LogP contribution in [0.1, 0.15) is 24.3 Å². The van der Waals surface area contributed by atoms with Gasteiger partial charge in [-0.15, -0.1) is 0 Å². The summed E-state index contributed by atoms with van der Waals surface area (Å²) in [6.07, 6.45) is 4.22. The maximum atomic E-state index is 6.33. The predicted octanol–water partition coefficient (Wildman–Crippen LogP) is 5.23. The molecule has 0 spiro atoms. The average Bonchev–Trinajstić information content (AvgIpc) is 3.21. The van der Waals surface area contributed by atoms with E-state index in [1.807, 2.05) is 6.20 Å². The van der Waals surface area contributed by atoms with Crippen LogP contribution in [0.4, 0.5) is 0 Å². The number of hydrogen-bond donors (Lipinski definition) is 0. The Bertz CT molecular complexity index is 853. The molecule has 0 atom stereocenters. The molecule has 2 aromatic heterocycles. The summed E-state index contributed by atoms with van der Waals surface area (Å²) < 4.78 is 1.66. The third kappa shape index (κ3) is 2.30. The van der Waals surface area contributed by atoms with Gasteiger partial charge in [-0.2, -0.15) is 5.10 Å². The van der Waals surface area contributed by atoms with Crippen LogP contribution in [0, 0.1) is 0 Å². The molecule has 3 aromatic rings. The largest absolute Gasteiger partial charge is 0.228 e. The van der Waals surface area contributed by atoms with E-state index in [1.54, 1.807) is 28.8 Å². The molecule has 1 saturated carbocycles. The number of fused-ring (bicyclic) bond motifs is 1. The van der Waals surface area contributed by atoms with E-state index in [2.05, 4.69) is 5.10 Å². The van der Waals surface area contributed by atoms with E-state index >= 15 is 0 Å². The Hall–Kier alpha value is -1.29. The van der Waals surface area contributed by atoms with Gasteiger partial charge in [-0.1, -0.05) is 34.8 Å². The van der Waals surface area contributed by atoms with E-state index < -0.39 is 0 Å². The highest BCUT2D eigenvalue weighted by Crippen LogP contribution is 2.42. The molecule has 3 nitrogen and oxygen atoms in total. The Morgan fingerprint density at radius 2 is 1.90 bits per heavy atom. The molecule has 0 saturated heterocycles. The van der Waals surface area contributed by atoms with E-state index in [0.29, 0.717) is 26.8 Å². The van der Waals surface area contributed by atoms with Gasteiger partial charge in [0.2, 0.25) is 0 Å². The first-order chi connectivity index (χ1) is 10.1. The van der Waals surface area contributed by atoms with Crippen molar-refractivity contribution in [2.45, 2.75) is 18.8 Å². The molecule has 1 fully saturated rings. The van der Waals surface area contributed by atoms with Gasteiger partial charge in [-0.05, 0) is 37.0 Å². The highest BCUT2D eigenvalue weighted by Gasteiger charge is 2.28. The molecule has 0 N–H and O–H groups in total. The van der Waals surface area contributed by atoms with Crippen molar-refractivity contribution in [3.05, 3.63) is 51.2 Å². The Balaban J connectivity index is 1.96. The topological polar surface area (TPSA) is 30.2 Å². The molecular weight excluding hydrogens is 329 g/mol. The van der Waals surface area contributed by atoms with E-state index in [-0.39, 0.29) is 0 Å². The molecular formula is C15H10Cl3N3. The van der Waals surface area contributed by atoms with Gasteiger partial charge in [-0.25, -0.2) is 9.50 Å². The Morgan fingerprint density at radius 3 is 2.67 bits per heavy atom. The zero-order valence-corrected chi connectivity index (χ0v) is 13.1. The van der Waals surface area contributed by atoms with E-state index in [0.717, 1.165) is 16.8 Å². The molecule has 1 aromatic carbocycles. The van der Waals surface area contributed by atoms with Crippen LogP contribution in [0.15, 0.2) is 30.5 Å². The lowest BCUT2D eigenvalue weighted by molar-refractivity contribution is 0.941. The normalized spacial score (nSPS) is 14.8. The van der Waals surface area contributed by atoms with Gasteiger partial charge in [0.05, 0.1) is 16.9 Å². The number of rotatable bonds is 2. The van der Waals surface area contributed by atoms with Crippen molar-refractivity contribution in [2.24, 2.45) is 0 Å². The summed E-state index contributed by atoms with van der Waals surface area (Å²) in [7, 11) is 0. The van der Waals surface area contributed by atoms with Crippen molar-refractivity contribution in [3.8, 4) is 11.3 Å². The maximum absolute atomic E-state index is 6.33. The smallest absolute Gasteiger partial charge is 0.160 e. The van der Waals surface area contributed by atoms with E-state index in [1.165, 1.54) is 12.8 Å². The molecule has 4 rings (SSSR count). The second-order valence-electron chi connectivity index (χ2n) is 5.20. The fourth-order valence-electron chi connectivity index (χ4n) is 2.46. The SMILES string of the molecule is Clc1ccc(Cl)c(-c2cc(Cl)n3ncc(C4CC4)c3n2)c1. The van der Waals surface area contributed by atoms with Crippen molar-refractivity contribution >= 4 is 40.4 Å². The van der Waals surface area contributed by atoms with Crippen LogP contribution in [0.3, 0.4) is 0 Å². The molecule has 1 aliphatic rings. The highest BCUT2D eigenvalue weighted by molar-refractivity contribution is 6.35. The maximum Gasteiger partial charge on any atom is 0.160 e. The van der Waals surface area contributed by atoms with Gasteiger partial charge in [-0.3, -0.25) is 0 Å². The van der Waals surface area contributed by atoms with Crippen molar-refractivity contribution < 1.29 is 0 Å². The van der Waals surface area contributed by atoms with Crippen LogP contribution in [0.2, 0.25) is 15.2 Å². The monoisotopic (exact) mass is 337 g/mol. The minimum Gasteiger partial charge on any atom is -0.228 e. The first-order valence-electron chi connectivity index (χ1n) is 6.63. The standard InChI is InChI=1S/C15H10Cl3N3/c16-9-3-4-12(17)10(5-9)13-6-14(18)21-15(20-13)11(7-19-21)8-1-2-8/h3-8H,1-2H2. The highest BCUT2D eigenvalue weighted by atomic mass is 35.5. The molecule has 0 bridgehead atoms. The van der Waals surface area contributed by atoms with Crippen LogP contribution < -0.4 is 0 Å². The zero-order valence-electron chi connectivity index (χ0n) is 10.9. The molecule has 1 aliphatic carbocycles. The molecule has 2 heterocycles. The van der Waals surface area contributed by atoms with Gasteiger partial charge < -0.3 is 0 Å². The Morgan fingerprint density at radius 1 is 1.10 bits per heavy atom. The van der Waals surface area contributed by atoms with Crippen LogP contribution in [0.25, 0.3) is 16.9 Å². The van der Waals surface area contributed by atoms with Crippen molar-refractivity contribution in [1.82, 2.24) is 14.6 Å². The number of nitrogens with zero attached hydrogens (tertiary/aromatic N) is 3. The van der Waals surface area contributed by atoms with Gasteiger partial charge in [0.15, 0.2) is 5.65 Å². The second kappa shape index (κ2) is 4.87. The lowest BCUT2D eigenvalue weighted by Gasteiger charge is -2.07. The van der Waals surface area contributed by atoms with Crippen LogP contribution >= 0.6 is 34.8 Å². The fourth-order valence-corrected chi connectivity index (χ4v) is 3.07. The molecule has 0 amide bonds. The summed E-state index contributed by atoms with van der Waals surface area (Å²) in [5.74, 6) is 0.552. The summed E-state index contributed by atoms with van der Waals surface area (Å²) in [4.78, 5) is 4.70. The Labute approximate surface area is 136 Å². The van der Waals surface area contributed by atoms with Gasteiger partial charge in [0.1, 0.15) is 5.15 Å². The minimum absolute atomic E-state index is 0.512. The summed E-state index contributed by atoms with van der Waals surface area (Å²) in [5, 5.41) is 6.04. The zero-order chi connectivity index (χ0) is 14.6. The fraction of sp³-hybridized carbons (Fsp3) is 0.200. The molecule has 0 aliphatic heterocycles. The van der Waals surface area contributed by atoms with Crippen LogP contribution in [0.5, 0.6) is 0 Å². The number of hydrogen-bond acceptors (Lipinski definition) is 2. The number of benzene rings is 1. The van der Waals surface area contributed by atoms with Crippen molar-refractivity contribution in [1.29, 1.82) is 0 Å². The molecule has 6 heteroatoms. The number of aromatic nitrogens is 3. The second-order valence-corrected chi connectivity index (χ2v) is 6.43. The average molecular weight is 339 g/mol. The van der Waals surface area contributed by atoms with E-state index in [4.69, 9.17) is 39.8 Å². The lowest BCUT2D eigenvalue weighted by Crippen LogP contribution is -1.96. The van der Waals surface area contributed by atoms with Crippen molar-refractivity contribution in [3.63, 3.8) is 0 Å². The quantitative estimate of drug-likeness (QED) is 0.599. The van der Waals surface area contributed by atoms with Gasteiger partial charge in [0.25, 0.3) is 0 Å². The predicted molar refractivity (Wildman–Crippen MR) is 85.4 cm³/mol. The van der Waals surface area contributed by atoms with Gasteiger partial charge in [0, 0.05) is 22.2 Å². The summed E-state index contributed by atoms with van der Waals surface area (Å²) in [6, 6.07) is 7.07. The molecule has 21 heavy (non-hydrogen) atoms. The van der Waals surface area contributed by atoms with Gasteiger partial charge >= 0.3 is 0 Å². The van der Waals surface area contributed by atoms with E-state index in [9.17, 15) is 0 Å². The van der Waals surface area contributed by atoms with Crippen molar-refractivity contribution in [2.75, 3.05) is 0 Å². The summed E-state index contributed by atoms with van der Waals surface area (Å²) in [5.41, 5.74) is 3.44. The van der Waals surface area contributed by atoms with Crippen LogP contribution in [-0.4, -0.2) is 14.6 Å². The number of halogens is 3. The lowest BCUT2D eigenvalue weighted by atomic mass is 10.1. The molecule has 0 unspecified atom stereocenters. The summed E-state index contributed by atoms with van der Waals surface area (Å²) >= 11 is 18.6.